The van der Waals surface area contributed by atoms with Crippen molar-refractivity contribution < 1.29 is 67.0 Å². The fraction of sp³-hybridized carbons (Fsp3) is 0.730. The smallest absolute Gasteiger partial charge is 0.317 e. The van der Waals surface area contributed by atoms with Gasteiger partial charge in [0.05, 0.1) is 19.4 Å². The van der Waals surface area contributed by atoms with Crippen LogP contribution < -0.4 is 0 Å². The maximum Gasteiger partial charge on any atom is 0.317 e. The lowest BCUT2D eigenvalue weighted by atomic mass is 9.58. The summed E-state index contributed by atoms with van der Waals surface area (Å²) in [6, 6.07) is 0. The quantitative estimate of drug-likeness (QED) is 0.0618. The molecule has 4 saturated heterocycles. The topological polar surface area (TPSA) is 176 Å². The number of Topliss-reactive ketones (excluding diaryl/α,β-unsaturated/α-hetero) is 1. The van der Waals surface area contributed by atoms with E-state index in [1.54, 1.807) is 6.92 Å². The van der Waals surface area contributed by atoms with E-state index in [1.165, 1.54) is 6.08 Å². The van der Waals surface area contributed by atoms with E-state index in [2.05, 4.69) is 6.92 Å². The number of hydrogen-bond donors (Lipinski definition) is 0. The van der Waals surface area contributed by atoms with E-state index in [0.717, 1.165) is 19.3 Å². The van der Waals surface area contributed by atoms with E-state index in [4.69, 9.17) is 38.2 Å². The zero-order valence-corrected chi connectivity index (χ0v) is 30.3. The van der Waals surface area contributed by atoms with Crippen LogP contribution in [-0.2, 0) is 67.0 Å². The van der Waals surface area contributed by atoms with Gasteiger partial charge in [-0.3, -0.25) is 28.8 Å². The van der Waals surface area contributed by atoms with Crippen molar-refractivity contribution in [3.8, 4) is 0 Å². The highest BCUT2D eigenvalue weighted by Crippen LogP contribution is 2.60. The Morgan fingerprint density at radius 1 is 0.882 bits per heavy atom. The maximum atomic E-state index is 12.8. The monoisotopic (exact) mass is 718 g/mol. The summed E-state index contributed by atoms with van der Waals surface area (Å²) in [4.78, 5) is 85.9. The molecule has 51 heavy (non-hydrogen) atoms. The first-order valence-corrected chi connectivity index (χ1v) is 18.0. The van der Waals surface area contributed by atoms with Gasteiger partial charge < -0.3 is 28.4 Å². The van der Waals surface area contributed by atoms with Crippen LogP contribution in [0.3, 0.4) is 0 Å². The lowest BCUT2D eigenvalue weighted by Gasteiger charge is -2.59. The van der Waals surface area contributed by atoms with Crippen molar-refractivity contribution >= 4 is 35.4 Å². The number of carbonyl (C=O) groups excluding carboxylic acids is 6. The molecule has 1 spiro atoms. The molecular formula is C37H50O14. The van der Waals surface area contributed by atoms with E-state index < -0.39 is 54.3 Å². The Balaban J connectivity index is 0.957. The molecule has 8 atom stereocenters. The molecule has 6 rings (SSSR count). The van der Waals surface area contributed by atoms with Gasteiger partial charge in [0.1, 0.15) is 19.6 Å². The van der Waals surface area contributed by atoms with Crippen molar-refractivity contribution in [1.29, 1.82) is 0 Å². The molecule has 2 bridgehead atoms. The summed E-state index contributed by atoms with van der Waals surface area (Å²) in [5, 5.41) is 0. The summed E-state index contributed by atoms with van der Waals surface area (Å²) in [7, 11) is 0. The molecule has 0 amide bonds. The number of esters is 4. The van der Waals surface area contributed by atoms with Crippen molar-refractivity contribution in [2.75, 3.05) is 19.8 Å². The minimum Gasteiger partial charge on any atom is -0.465 e. The standard InChI is InChI=1S/C37H50O14/c1-20(2)25-18-28(38)22(4)24(33(25)43)8-7-15-44-31(41)19-32(42)46-17-16-45-29(39)11-12-30(40)47-34-23(5)27-10-9-21(3)26-13-14-36(6)49-35(48-34)37(26,27)51-50-36/h18,20-21,23,26-27,34-35H,7-17,19H2,1-6H3/t21-,23-,26+,27+,34-,35-,36-,37-/m1/s1. The van der Waals surface area contributed by atoms with Crippen LogP contribution in [0, 0.1) is 29.6 Å². The average molecular weight is 719 g/mol. The summed E-state index contributed by atoms with van der Waals surface area (Å²) in [5.74, 6) is -4.06. The molecule has 0 aromatic heterocycles. The molecule has 4 heterocycles. The SMILES string of the molecule is CC1=C(CCCOC(=O)CC(=O)OCCOC(=O)CCC(=O)O[C@@H]2O[C@@H]3O[C@@]4(C)CC[C@H]5[C@H](C)CC[C@@H]([C@H]2C)[C@@]35OO4)C(=O)C(C(C)C)=CC1=O. The highest BCUT2D eigenvalue weighted by Gasteiger charge is 2.69. The predicted molar refractivity (Wildman–Crippen MR) is 175 cm³/mol. The number of ketones is 2. The molecule has 5 fully saturated rings. The van der Waals surface area contributed by atoms with E-state index in [0.29, 0.717) is 35.5 Å². The number of rotatable bonds is 14. The third kappa shape index (κ3) is 8.45. The van der Waals surface area contributed by atoms with Gasteiger partial charge in [0.15, 0.2) is 23.5 Å². The Morgan fingerprint density at radius 3 is 2.25 bits per heavy atom. The highest BCUT2D eigenvalue weighted by molar-refractivity contribution is 6.22. The van der Waals surface area contributed by atoms with Crippen LogP contribution >= 0.6 is 0 Å². The Hall–Kier alpha value is -3.46. The molecule has 14 nitrogen and oxygen atoms in total. The van der Waals surface area contributed by atoms with Gasteiger partial charge >= 0.3 is 23.9 Å². The van der Waals surface area contributed by atoms with Crippen molar-refractivity contribution in [1.82, 2.24) is 0 Å². The Labute approximate surface area is 297 Å². The van der Waals surface area contributed by atoms with Gasteiger partial charge in [-0.15, -0.1) is 0 Å². The predicted octanol–water partition coefficient (Wildman–Crippen LogP) is 4.37. The largest absolute Gasteiger partial charge is 0.465 e. The molecule has 1 saturated carbocycles. The first-order valence-electron chi connectivity index (χ1n) is 18.0. The zero-order valence-electron chi connectivity index (χ0n) is 30.3. The molecule has 0 aromatic rings. The van der Waals surface area contributed by atoms with Crippen LogP contribution in [0.25, 0.3) is 0 Å². The van der Waals surface area contributed by atoms with Crippen LogP contribution in [0.4, 0.5) is 0 Å². The summed E-state index contributed by atoms with van der Waals surface area (Å²) in [6.07, 6.45) is 2.54. The van der Waals surface area contributed by atoms with Crippen LogP contribution in [-0.4, -0.2) is 79.2 Å². The molecule has 6 aliphatic rings. The molecule has 4 aliphatic heterocycles. The minimum absolute atomic E-state index is 0.0167. The first-order chi connectivity index (χ1) is 24.1. The Morgan fingerprint density at radius 2 is 1.55 bits per heavy atom. The maximum absolute atomic E-state index is 12.8. The molecule has 2 aliphatic carbocycles. The number of hydrogen-bond acceptors (Lipinski definition) is 14. The number of allylic oxidation sites excluding steroid dienone is 4. The van der Waals surface area contributed by atoms with Gasteiger partial charge in [0, 0.05) is 35.0 Å². The summed E-state index contributed by atoms with van der Waals surface area (Å²) >= 11 is 0. The summed E-state index contributed by atoms with van der Waals surface area (Å²) in [5.41, 5.74) is 0.474. The minimum atomic E-state index is -0.954. The lowest BCUT2D eigenvalue weighted by molar-refractivity contribution is -0.576. The van der Waals surface area contributed by atoms with E-state index in [1.807, 2.05) is 27.7 Å². The van der Waals surface area contributed by atoms with Gasteiger partial charge in [-0.2, -0.15) is 0 Å². The second-order valence-electron chi connectivity index (χ2n) is 14.8. The number of fused-ring (bicyclic) bond motifs is 2. The normalized spacial score (nSPS) is 32.9. The van der Waals surface area contributed by atoms with Crippen LogP contribution in [0.5, 0.6) is 0 Å². The fourth-order valence-electron chi connectivity index (χ4n) is 7.98. The molecular weight excluding hydrogens is 668 g/mol. The molecule has 14 heteroatoms. The molecule has 0 radical (unpaired) electrons. The van der Waals surface area contributed by atoms with Crippen LogP contribution in [0.15, 0.2) is 22.8 Å². The molecule has 0 aromatic carbocycles. The first kappa shape index (κ1) is 38.8. The summed E-state index contributed by atoms with van der Waals surface area (Å²) < 4.78 is 33.3. The van der Waals surface area contributed by atoms with Gasteiger partial charge in [-0.1, -0.05) is 27.7 Å². The van der Waals surface area contributed by atoms with E-state index >= 15 is 0 Å². The van der Waals surface area contributed by atoms with Gasteiger partial charge in [-0.25, -0.2) is 9.78 Å². The summed E-state index contributed by atoms with van der Waals surface area (Å²) in [6.45, 7) is 10.7. The third-order valence-electron chi connectivity index (χ3n) is 10.9. The van der Waals surface area contributed by atoms with E-state index in [-0.39, 0.29) is 74.3 Å². The second-order valence-corrected chi connectivity index (χ2v) is 14.8. The Bertz CT molecular complexity index is 1460. The number of carbonyl (C=O) groups is 6. The zero-order chi connectivity index (χ0) is 37.1. The van der Waals surface area contributed by atoms with Crippen LogP contribution in [0.2, 0.25) is 0 Å². The fourth-order valence-corrected chi connectivity index (χ4v) is 7.98. The van der Waals surface area contributed by atoms with Gasteiger partial charge in [0.2, 0.25) is 12.1 Å². The third-order valence-corrected chi connectivity index (χ3v) is 10.9. The second kappa shape index (κ2) is 16.1. The van der Waals surface area contributed by atoms with Crippen molar-refractivity contribution in [3.05, 3.63) is 22.8 Å². The van der Waals surface area contributed by atoms with Crippen LogP contribution in [0.1, 0.15) is 99.3 Å². The Kier molecular flexibility index (Phi) is 12.2. The van der Waals surface area contributed by atoms with Crippen molar-refractivity contribution in [3.63, 3.8) is 0 Å². The molecule has 0 N–H and O–H groups in total. The highest BCUT2D eigenvalue weighted by atomic mass is 17.3. The average Bonchev–Trinajstić information content (AvgIpc) is 3.31. The van der Waals surface area contributed by atoms with Crippen molar-refractivity contribution in [2.45, 2.75) is 123 Å². The van der Waals surface area contributed by atoms with Gasteiger partial charge in [0.25, 0.3) is 0 Å². The number of ether oxygens (including phenoxy) is 6. The van der Waals surface area contributed by atoms with Crippen molar-refractivity contribution in [2.24, 2.45) is 29.6 Å². The molecule has 0 unspecified atom stereocenters. The van der Waals surface area contributed by atoms with E-state index in [9.17, 15) is 28.8 Å². The lowest BCUT2D eigenvalue weighted by Crippen LogP contribution is -2.70. The molecule has 282 valence electrons. The van der Waals surface area contributed by atoms with Gasteiger partial charge in [-0.05, 0) is 69.8 Å².